The van der Waals surface area contributed by atoms with Crippen molar-refractivity contribution in [1.29, 1.82) is 0 Å². The summed E-state index contributed by atoms with van der Waals surface area (Å²) >= 11 is 0. The average Bonchev–Trinajstić information content (AvgIpc) is 3.28. The summed E-state index contributed by atoms with van der Waals surface area (Å²) in [6, 6.07) is 0. The largest absolute Gasteiger partial charge is 0.472 e. The molecule has 0 rings (SSSR count). The fourth-order valence-corrected chi connectivity index (χ4v) is 8.53. The molecule has 0 aromatic heterocycles. The summed E-state index contributed by atoms with van der Waals surface area (Å²) in [4.78, 5) is 23.1. The third-order valence-electron chi connectivity index (χ3n) is 12.1. The summed E-state index contributed by atoms with van der Waals surface area (Å²) in [5.74, 6) is -0.316. The van der Waals surface area contributed by atoms with E-state index in [4.69, 9.17) is 18.5 Å². The van der Waals surface area contributed by atoms with Crippen LogP contribution in [0.3, 0.4) is 0 Å². The molecule has 0 aromatic carbocycles. The zero-order valence-electron chi connectivity index (χ0n) is 44.2. The molecule has 388 valence electrons. The molecular formula is C57H109NO7P+. The normalized spacial score (nSPS) is 13.8. The van der Waals surface area contributed by atoms with Gasteiger partial charge in [0.1, 0.15) is 19.3 Å². The highest BCUT2D eigenvalue weighted by atomic mass is 31.2. The fourth-order valence-electron chi connectivity index (χ4n) is 7.79. The molecule has 0 bridgehead atoms. The van der Waals surface area contributed by atoms with Gasteiger partial charge >= 0.3 is 13.8 Å². The van der Waals surface area contributed by atoms with Crippen LogP contribution in [0, 0.1) is 0 Å². The third kappa shape index (κ3) is 53.4. The number of hydrogen-bond acceptors (Lipinski definition) is 6. The van der Waals surface area contributed by atoms with E-state index >= 15 is 0 Å². The summed E-state index contributed by atoms with van der Waals surface area (Å²) in [5, 5.41) is 0. The second-order valence-corrected chi connectivity index (χ2v) is 21.4. The van der Waals surface area contributed by atoms with Crippen molar-refractivity contribution in [2.75, 3.05) is 54.1 Å². The average molecular weight is 951 g/mol. The number of unbranched alkanes of at least 4 members (excludes halogenated alkanes) is 30. The molecule has 2 unspecified atom stereocenters. The van der Waals surface area contributed by atoms with Gasteiger partial charge in [0.05, 0.1) is 34.4 Å². The number of carbonyl (C=O) groups is 1. The van der Waals surface area contributed by atoms with Crippen molar-refractivity contribution in [2.45, 2.75) is 258 Å². The quantitative estimate of drug-likeness (QED) is 0.0213. The van der Waals surface area contributed by atoms with Crippen molar-refractivity contribution in [3.8, 4) is 0 Å². The van der Waals surface area contributed by atoms with Gasteiger partial charge in [-0.05, 0) is 77.0 Å². The van der Waals surface area contributed by atoms with E-state index in [2.05, 4.69) is 62.5 Å². The predicted octanol–water partition coefficient (Wildman–Crippen LogP) is 17.5. The molecule has 0 saturated carbocycles. The molecule has 0 radical (unpaired) electrons. The van der Waals surface area contributed by atoms with E-state index in [1.165, 1.54) is 186 Å². The zero-order valence-corrected chi connectivity index (χ0v) is 45.1. The van der Waals surface area contributed by atoms with Gasteiger partial charge in [0.15, 0.2) is 0 Å². The SMILES string of the molecule is CCCCCCC/C=C\C/C=C\C/C=C\CCCCCCCCCCCCC(=O)OC(COCCCCCCCCCC/C=C\CCCCCCCCC)COP(=O)(O)OCC[N+](C)(C)C. The Balaban J connectivity index is 4.10. The van der Waals surface area contributed by atoms with Gasteiger partial charge in [0.2, 0.25) is 0 Å². The highest BCUT2D eigenvalue weighted by Crippen LogP contribution is 2.43. The van der Waals surface area contributed by atoms with Crippen molar-refractivity contribution in [3.05, 3.63) is 48.6 Å². The molecule has 0 aromatic rings. The number of phosphoric ester groups is 1. The monoisotopic (exact) mass is 951 g/mol. The number of quaternary nitrogens is 1. The van der Waals surface area contributed by atoms with E-state index in [1.54, 1.807) is 0 Å². The molecule has 8 nitrogen and oxygen atoms in total. The van der Waals surface area contributed by atoms with E-state index in [-0.39, 0.29) is 25.8 Å². The summed E-state index contributed by atoms with van der Waals surface area (Å²) in [6.45, 7) is 5.63. The minimum Gasteiger partial charge on any atom is -0.457 e. The Bertz CT molecular complexity index is 1200. The van der Waals surface area contributed by atoms with Crippen molar-refractivity contribution in [1.82, 2.24) is 0 Å². The van der Waals surface area contributed by atoms with Gasteiger partial charge < -0.3 is 18.9 Å². The Morgan fingerprint density at radius 2 is 0.833 bits per heavy atom. The number of ether oxygens (including phenoxy) is 2. The number of carbonyl (C=O) groups excluding carboxylic acids is 1. The first-order chi connectivity index (χ1) is 32.1. The summed E-state index contributed by atoms with van der Waals surface area (Å²) in [5.41, 5.74) is 0. The van der Waals surface area contributed by atoms with Crippen molar-refractivity contribution < 1.29 is 37.3 Å². The first-order valence-corrected chi connectivity index (χ1v) is 29.4. The highest BCUT2D eigenvalue weighted by Gasteiger charge is 2.26. The lowest BCUT2D eigenvalue weighted by atomic mass is 10.0. The van der Waals surface area contributed by atoms with Crippen molar-refractivity contribution in [3.63, 3.8) is 0 Å². The molecule has 0 aliphatic rings. The van der Waals surface area contributed by atoms with E-state index in [0.717, 1.165) is 44.9 Å². The van der Waals surface area contributed by atoms with Crippen LogP contribution < -0.4 is 0 Å². The van der Waals surface area contributed by atoms with Gasteiger partial charge in [-0.2, -0.15) is 0 Å². The Hall–Kier alpha value is -1.54. The van der Waals surface area contributed by atoms with Crippen LogP contribution in [0.1, 0.15) is 251 Å². The van der Waals surface area contributed by atoms with E-state index in [9.17, 15) is 14.3 Å². The van der Waals surface area contributed by atoms with E-state index in [1.807, 2.05) is 21.1 Å². The molecule has 0 heterocycles. The maximum atomic E-state index is 12.8. The molecule has 0 saturated heterocycles. The lowest BCUT2D eigenvalue weighted by Gasteiger charge is -2.24. The van der Waals surface area contributed by atoms with Crippen molar-refractivity contribution >= 4 is 13.8 Å². The molecule has 0 aliphatic carbocycles. The molecule has 0 amide bonds. The van der Waals surface area contributed by atoms with Crippen LogP contribution in [-0.2, 0) is 27.9 Å². The molecule has 1 N–H and O–H groups in total. The van der Waals surface area contributed by atoms with E-state index < -0.39 is 13.9 Å². The van der Waals surface area contributed by atoms with Crippen LogP contribution in [0.15, 0.2) is 48.6 Å². The molecule has 9 heteroatoms. The number of allylic oxidation sites excluding steroid dienone is 8. The van der Waals surface area contributed by atoms with Gasteiger partial charge in [-0.25, -0.2) is 4.57 Å². The Morgan fingerprint density at radius 1 is 0.470 bits per heavy atom. The summed E-state index contributed by atoms with van der Waals surface area (Å²) < 4.78 is 35.2. The molecule has 2 atom stereocenters. The minimum absolute atomic E-state index is 0.0867. The van der Waals surface area contributed by atoms with Gasteiger partial charge in [-0.15, -0.1) is 0 Å². The van der Waals surface area contributed by atoms with Crippen LogP contribution in [0.5, 0.6) is 0 Å². The Labute approximate surface area is 409 Å². The number of hydrogen-bond donors (Lipinski definition) is 1. The summed E-state index contributed by atoms with van der Waals surface area (Å²) in [7, 11) is 1.67. The number of esters is 1. The van der Waals surface area contributed by atoms with Crippen LogP contribution in [0.25, 0.3) is 0 Å². The van der Waals surface area contributed by atoms with Gasteiger partial charge in [-0.3, -0.25) is 13.8 Å². The van der Waals surface area contributed by atoms with Gasteiger partial charge in [0, 0.05) is 13.0 Å². The Morgan fingerprint density at radius 3 is 1.26 bits per heavy atom. The highest BCUT2D eigenvalue weighted by molar-refractivity contribution is 7.47. The lowest BCUT2D eigenvalue weighted by molar-refractivity contribution is -0.870. The standard InChI is InChI=1S/C57H108NO7P/c1-6-8-10-12-14-16-18-20-22-24-26-27-28-29-30-31-32-34-36-38-40-42-44-46-48-50-57(59)65-56(55-64-66(60,61)63-53-51-58(3,4)5)54-62-52-49-47-45-43-41-39-37-35-33-25-23-21-19-17-15-13-11-9-7-2/h18,20,23-26,28-29,56H,6-17,19,21-22,27,30-55H2,1-5H3/p+1/b20-18-,25-23-,26-24-,29-28-. The predicted molar refractivity (Wildman–Crippen MR) is 284 cm³/mol. The maximum Gasteiger partial charge on any atom is 0.472 e. The number of nitrogens with zero attached hydrogens (tertiary/aromatic N) is 1. The van der Waals surface area contributed by atoms with Gasteiger partial charge in [0.25, 0.3) is 0 Å². The first-order valence-electron chi connectivity index (χ1n) is 27.9. The maximum absolute atomic E-state index is 12.8. The zero-order chi connectivity index (χ0) is 48.3. The van der Waals surface area contributed by atoms with Gasteiger partial charge in [-0.1, -0.05) is 217 Å². The molecule has 66 heavy (non-hydrogen) atoms. The lowest BCUT2D eigenvalue weighted by Crippen LogP contribution is -2.37. The van der Waals surface area contributed by atoms with Crippen LogP contribution in [0.2, 0.25) is 0 Å². The minimum atomic E-state index is -4.29. The summed E-state index contributed by atoms with van der Waals surface area (Å²) in [6.07, 6.45) is 63.0. The fraction of sp³-hybridized carbons (Fsp3) is 0.842. The van der Waals surface area contributed by atoms with Crippen LogP contribution >= 0.6 is 7.82 Å². The first kappa shape index (κ1) is 64.5. The Kier molecular flexibility index (Phi) is 48.7. The number of rotatable bonds is 52. The second-order valence-electron chi connectivity index (χ2n) is 20.0. The topological polar surface area (TPSA) is 91.3 Å². The number of likely N-dealkylation sites (N-methyl/N-ethyl adjacent to an activating group) is 1. The molecule has 0 spiro atoms. The van der Waals surface area contributed by atoms with Crippen LogP contribution in [0.4, 0.5) is 0 Å². The van der Waals surface area contributed by atoms with Crippen LogP contribution in [-0.4, -0.2) is 75.6 Å². The van der Waals surface area contributed by atoms with Crippen molar-refractivity contribution in [2.24, 2.45) is 0 Å². The third-order valence-corrected chi connectivity index (χ3v) is 13.1. The smallest absolute Gasteiger partial charge is 0.457 e. The second kappa shape index (κ2) is 49.9. The molecule has 0 aliphatic heterocycles. The van der Waals surface area contributed by atoms with E-state index in [0.29, 0.717) is 24.1 Å². The molecule has 0 fully saturated rings. The number of phosphoric acid groups is 1. The molecular weight excluding hydrogens is 842 g/mol.